The molecule has 2 aliphatic heterocycles. The number of hydrogen-bond acceptors (Lipinski definition) is 8. The van der Waals surface area contributed by atoms with Gasteiger partial charge in [-0.3, -0.25) is 19.6 Å². The van der Waals surface area contributed by atoms with Crippen LogP contribution in [0.2, 0.25) is 10.0 Å². The van der Waals surface area contributed by atoms with Crippen molar-refractivity contribution in [1.29, 1.82) is 0 Å². The topological polar surface area (TPSA) is 108 Å². The molecule has 3 aromatic carbocycles. The van der Waals surface area contributed by atoms with Gasteiger partial charge in [0.2, 0.25) is 5.89 Å². The second-order valence-corrected chi connectivity index (χ2v) is 14.1. The molecule has 6 aromatic rings. The Hall–Kier alpha value is -4.54. The molecule has 0 saturated carbocycles. The number of fused-ring (bicyclic) bond motifs is 2. The molecule has 2 saturated heterocycles. The second-order valence-electron chi connectivity index (χ2n) is 13.3. The van der Waals surface area contributed by atoms with E-state index in [9.17, 15) is 9.90 Å². The summed E-state index contributed by atoms with van der Waals surface area (Å²) < 4.78 is 6.25. The van der Waals surface area contributed by atoms with Crippen molar-refractivity contribution < 1.29 is 14.3 Å². The Bertz CT molecular complexity index is 2250. The Morgan fingerprint density at radius 1 is 0.940 bits per heavy atom. The molecular formula is C39H36Cl2N6O3. The van der Waals surface area contributed by atoms with Gasteiger partial charge in [-0.25, -0.2) is 9.97 Å². The molecule has 0 aliphatic carbocycles. The first-order valence-electron chi connectivity index (χ1n) is 17.0. The van der Waals surface area contributed by atoms with E-state index in [2.05, 4.69) is 26.2 Å². The highest BCUT2D eigenvalue weighted by Gasteiger charge is 2.28. The summed E-state index contributed by atoms with van der Waals surface area (Å²) in [5.41, 5.74) is 8.46. The number of rotatable bonds is 9. The maximum atomic E-state index is 11.4. The lowest BCUT2D eigenvalue weighted by Gasteiger charge is -2.16. The summed E-state index contributed by atoms with van der Waals surface area (Å²) >= 11 is 13.8. The molecule has 1 atom stereocenters. The van der Waals surface area contributed by atoms with E-state index >= 15 is 0 Å². The molecule has 0 bridgehead atoms. The summed E-state index contributed by atoms with van der Waals surface area (Å²) in [5.74, 6) is 0.0301. The number of carboxylic acids is 1. The third kappa shape index (κ3) is 6.42. The summed E-state index contributed by atoms with van der Waals surface area (Å²) in [6.07, 6.45) is 6.91. The fourth-order valence-corrected chi connectivity index (χ4v) is 7.85. The van der Waals surface area contributed by atoms with E-state index in [1.807, 2.05) is 67.7 Å². The predicted octanol–water partition coefficient (Wildman–Crippen LogP) is 8.97. The highest BCUT2D eigenvalue weighted by Crippen LogP contribution is 2.40. The van der Waals surface area contributed by atoms with Gasteiger partial charge in [-0.2, -0.15) is 0 Å². The van der Waals surface area contributed by atoms with Crippen LogP contribution in [0.5, 0.6) is 0 Å². The first-order valence-corrected chi connectivity index (χ1v) is 17.7. The van der Waals surface area contributed by atoms with Gasteiger partial charge in [0.25, 0.3) is 0 Å². The summed E-state index contributed by atoms with van der Waals surface area (Å²) in [4.78, 5) is 30.3. The molecule has 2 fully saturated rings. The maximum absolute atomic E-state index is 11.4. The number of nitrogens with zero attached hydrogens (tertiary/aromatic N) is 5. The number of anilines is 2. The van der Waals surface area contributed by atoms with Crippen LogP contribution >= 0.6 is 23.2 Å². The molecule has 3 aromatic heterocycles. The molecule has 2 aliphatic rings. The minimum Gasteiger partial charge on any atom is -0.481 e. The molecular weight excluding hydrogens is 671 g/mol. The number of aliphatic carboxylic acids is 1. The molecule has 50 heavy (non-hydrogen) atoms. The third-order valence-corrected chi connectivity index (χ3v) is 10.6. The highest BCUT2D eigenvalue weighted by molar-refractivity contribution is 6.36. The number of benzene rings is 3. The smallest absolute Gasteiger partial charge is 0.307 e. The molecule has 2 N–H and O–H groups in total. The van der Waals surface area contributed by atoms with E-state index in [0.29, 0.717) is 52.4 Å². The number of pyridine rings is 2. The zero-order chi connectivity index (χ0) is 34.4. The fraction of sp³-hybridized carbons (Fsp3) is 0.282. The number of halogens is 2. The molecule has 0 unspecified atom stereocenters. The van der Waals surface area contributed by atoms with Gasteiger partial charge in [-0.15, -0.1) is 0 Å². The van der Waals surface area contributed by atoms with Gasteiger partial charge in [0.1, 0.15) is 11.0 Å². The largest absolute Gasteiger partial charge is 0.481 e. The number of likely N-dealkylation sites (tertiary alicyclic amines) is 2. The summed E-state index contributed by atoms with van der Waals surface area (Å²) in [6.45, 7) is 7.08. The Morgan fingerprint density at radius 2 is 1.72 bits per heavy atom. The zero-order valence-electron chi connectivity index (χ0n) is 27.6. The predicted molar refractivity (Wildman–Crippen MR) is 198 cm³/mol. The van der Waals surface area contributed by atoms with Crippen molar-refractivity contribution in [2.45, 2.75) is 39.3 Å². The minimum atomic E-state index is -0.746. The Morgan fingerprint density at radius 3 is 2.54 bits per heavy atom. The molecule has 9 nitrogen and oxygen atoms in total. The van der Waals surface area contributed by atoms with Crippen LogP contribution in [-0.4, -0.2) is 62.0 Å². The van der Waals surface area contributed by atoms with E-state index in [4.69, 9.17) is 37.6 Å². The first-order chi connectivity index (χ1) is 24.3. The van der Waals surface area contributed by atoms with E-state index in [1.54, 1.807) is 6.20 Å². The lowest BCUT2D eigenvalue weighted by atomic mass is 9.96. The van der Waals surface area contributed by atoms with Crippen LogP contribution in [0.25, 0.3) is 44.6 Å². The van der Waals surface area contributed by atoms with Crippen molar-refractivity contribution in [2.24, 2.45) is 5.92 Å². The molecule has 0 radical (unpaired) electrons. The average Bonchev–Trinajstić information content (AvgIpc) is 3.88. The molecule has 8 rings (SSSR count). The van der Waals surface area contributed by atoms with Crippen LogP contribution in [0.15, 0.2) is 77.5 Å². The number of nitrogens with one attached hydrogen (secondary N) is 1. The van der Waals surface area contributed by atoms with Crippen molar-refractivity contribution in [1.82, 2.24) is 24.8 Å². The lowest BCUT2D eigenvalue weighted by molar-refractivity contribution is -0.141. The van der Waals surface area contributed by atoms with E-state index < -0.39 is 5.97 Å². The molecule has 0 spiro atoms. The van der Waals surface area contributed by atoms with E-state index in [-0.39, 0.29) is 5.92 Å². The van der Waals surface area contributed by atoms with Crippen molar-refractivity contribution in [2.75, 3.05) is 31.5 Å². The monoisotopic (exact) mass is 706 g/mol. The number of hydrogen-bond donors (Lipinski definition) is 2. The van der Waals surface area contributed by atoms with Gasteiger partial charge in [-0.05, 0) is 104 Å². The number of carboxylic acid groups (broad SMARTS) is 1. The van der Waals surface area contributed by atoms with Crippen LogP contribution in [-0.2, 0) is 17.9 Å². The fourth-order valence-electron chi connectivity index (χ4n) is 7.29. The minimum absolute atomic E-state index is 0.335. The Labute approximate surface area is 299 Å². The van der Waals surface area contributed by atoms with Gasteiger partial charge < -0.3 is 14.8 Å². The number of carbonyl (C=O) groups is 1. The van der Waals surface area contributed by atoms with E-state index in [1.165, 1.54) is 18.4 Å². The van der Waals surface area contributed by atoms with Crippen molar-refractivity contribution in [3.8, 4) is 22.6 Å². The summed E-state index contributed by atoms with van der Waals surface area (Å²) in [5, 5.41) is 14.9. The Balaban J connectivity index is 1.06. The van der Waals surface area contributed by atoms with Crippen LogP contribution < -0.4 is 5.32 Å². The zero-order valence-corrected chi connectivity index (χ0v) is 29.1. The number of oxazole rings is 1. The van der Waals surface area contributed by atoms with Gasteiger partial charge in [0.05, 0.1) is 21.7 Å². The maximum Gasteiger partial charge on any atom is 0.307 e. The van der Waals surface area contributed by atoms with Crippen LogP contribution in [0, 0.1) is 12.8 Å². The molecule has 0 amide bonds. The van der Waals surface area contributed by atoms with Gasteiger partial charge >= 0.3 is 5.97 Å². The van der Waals surface area contributed by atoms with Crippen LogP contribution in [0.3, 0.4) is 0 Å². The average molecular weight is 708 g/mol. The highest BCUT2D eigenvalue weighted by atomic mass is 35.5. The second kappa shape index (κ2) is 13.6. The first kappa shape index (κ1) is 32.7. The quantitative estimate of drug-likeness (QED) is 0.152. The number of aromatic nitrogens is 3. The lowest BCUT2D eigenvalue weighted by Crippen LogP contribution is -2.22. The van der Waals surface area contributed by atoms with Gasteiger partial charge in [0.15, 0.2) is 11.4 Å². The van der Waals surface area contributed by atoms with Crippen molar-refractivity contribution in [3.63, 3.8) is 0 Å². The van der Waals surface area contributed by atoms with Crippen molar-refractivity contribution in [3.05, 3.63) is 99.8 Å². The van der Waals surface area contributed by atoms with Crippen LogP contribution in [0.1, 0.15) is 36.0 Å². The summed E-state index contributed by atoms with van der Waals surface area (Å²) in [6, 6.07) is 20.0. The normalized spacial score (nSPS) is 16.9. The van der Waals surface area contributed by atoms with Gasteiger partial charge in [0, 0.05) is 48.5 Å². The molecule has 11 heteroatoms. The van der Waals surface area contributed by atoms with E-state index in [0.717, 1.165) is 70.6 Å². The third-order valence-electron chi connectivity index (χ3n) is 9.90. The summed E-state index contributed by atoms with van der Waals surface area (Å²) in [7, 11) is 0. The molecule has 5 heterocycles. The molecule has 254 valence electrons. The van der Waals surface area contributed by atoms with Crippen molar-refractivity contribution >= 4 is 62.7 Å². The Kier molecular flexibility index (Phi) is 8.91. The SMILES string of the molecule is Cc1c(-c2nc3cc(CN4CC[C@@H](C(=O)O)C4)cc(Cl)c3o2)cccc1-c1cccc(Nc2nccc3cc(CN4CCCC4)cnc23)c1Cl. The van der Waals surface area contributed by atoms with Gasteiger partial charge in [-0.1, -0.05) is 47.5 Å². The van der Waals surface area contributed by atoms with Crippen LogP contribution in [0.4, 0.5) is 11.5 Å². The standard InChI is InChI=1S/C39H36Cl2N6O3/c1-23-28(6-4-7-29(23)38-45-33-18-24(17-31(40)36(33)50-38)20-47-15-11-27(22-47)39(48)49)30-8-5-9-32(34(30)41)44-37-35-26(10-12-42-37)16-25(19-43-35)21-46-13-2-3-14-46/h4-10,12,16-19,27H,2-3,11,13-15,20-22H2,1H3,(H,42,44)(H,48,49)/t27-/m1/s1.